The molecule has 3 N–H and O–H groups in total. The number of hydrogen-bond acceptors (Lipinski definition) is 7. The van der Waals surface area contributed by atoms with Gasteiger partial charge in [-0.1, -0.05) is 0 Å². The van der Waals surface area contributed by atoms with E-state index < -0.39 is 26.6 Å². The number of hydrogen-bond donors (Lipinski definition) is 2. The molecule has 1 amide bonds. The van der Waals surface area contributed by atoms with Crippen molar-refractivity contribution < 1.29 is 22.9 Å². The van der Waals surface area contributed by atoms with Gasteiger partial charge in [-0.2, -0.15) is 4.31 Å². The van der Waals surface area contributed by atoms with Crippen molar-refractivity contribution in [3.63, 3.8) is 0 Å². The summed E-state index contributed by atoms with van der Waals surface area (Å²) in [6.07, 6.45) is 1.10. The van der Waals surface area contributed by atoms with Crippen LogP contribution in [0.4, 0.5) is 5.69 Å². The Balaban J connectivity index is 0.00000364. The van der Waals surface area contributed by atoms with Crippen LogP contribution in [0.15, 0.2) is 23.1 Å². The lowest BCUT2D eigenvalue weighted by molar-refractivity contribution is -0.386. The predicted molar refractivity (Wildman–Crippen MR) is 100 cm³/mol. The number of nitrogens with two attached hydrogens (primary N) is 1. The Morgan fingerprint density at radius 1 is 1.48 bits per heavy atom. The lowest BCUT2D eigenvalue weighted by Gasteiger charge is -2.31. The van der Waals surface area contributed by atoms with Gasteiger partial charge in [0.1, 0.15) is 0 Å². The van der Waals surface area contributed by atoms with Crippen LogP contribution in [0.25, 0.3) is 0 Å². The normalized spacial score (nSPS) is 17.6. The van der Waals surface area contributed by atoms with Crippen molar-refractivity contribution in [3.05, 3.63) is 28.3 Å². The van der Waals surface area contributed by atoms with Gasteiger partial charge < -0.3 is 15.8 Å². The summed E-state index contributed by atoms with van der Waals surface area (Å²) >= 11 is 0. The zero-order valence-electron chi connectivity index (χ0n) is 14.8. The molecule has 12 heteroatoms. The highest BCUT2D eigenvalue weighted by atomic mass is 35.5. The van der Waals surface area contributed by atoms with Crippen LogP contribution in [0, 0.1) is 16.0 Å². The quantitative estimate of drug-likeness (QED) is 0.480. The summed E-state index contributed by atoms with van der Waals surface area (Å²) in [6, 6.07) is 3.49. The highest BCUT2D eigenvalue weighted by Crippen LogP contribution is 2.31. The van der Waals surface area contributed by atoms with E-state index in [0.29, 0.717) is 25.9 Å². The van der Waals surface area contributed by atoms with Gasteiger partial charge in [0.05, 0.1) is 22.8 Å². The third kappa shape index (κ3) is 5.28. The summed E-state index contributed by atoms with van der Waals surface area (Å²) in [4.78, 5) is 22.3. The number of methoxy groups -OCH3 is 1. The molecule has 1 atom stereocenters. The number of benzene rings is 1. The molecule has 0 radical (unpaired) electrons. The lowest BCUT2D eigenvalue weighted by atomic mass is 9.99. The third-order valence-corrected chi connectivity index (χ3v) is 6.04. The maximum atomic E-state index is 12.9. The third-order valence-electron chi connectivity index (χ3n) is 4.18. The van der Waals surface area contributed by atoms with Crippen LogP contribution in [-0.4, -0.2) is 56.8 Å². The molecule has 1 aromatic carbocycles. The molecule has 1 saturated heterocycles. The molecule has 27 heavy (non-hydrogen) atoms. The molecule has 1 fully saturated rings. The van der Waals surface area contributed by atoms with Crippen LogP contribution < -0.4 is 15.8 Å². The van der Waals surface area contributed by atoms with Crippen molar-refractivity contribution in [3.8, 4) is 5.75 Å². The summed E-state index contributed by atoms with van der Waals surface area (Å²) in [6.45, 7) is 0.907. The molecular weight excluding hydrogens is 400 g/mol. The monoisotopic (exact) mass is 422 g/mol. The van der Waals surface area contributed by atoms with E-state index in [1.54, 1.807) is 0 Å². The van der Waals surface area contributed by atoms with Gasteiger partial charge in [-0.3, -0.25) is 14.9 Å². The first-order chi connectivity index (χ1) is 12.3. The van der Waals surface area contributed by atoms with Crippen molar-refractivity contribution in [1.29, 1.82) is 0 Å². The van der Waals surface area contributed by atoms with E-state index in [2.05, 4.69) is 5.32 Å². The minimum Gasteiger partial charge on any atom is -0.490 e. The van der Waals surface area contributed by atoms with Crippen LogP contribution in [0.2, 0.25) is 0 Å². The first-order valence-electron chi connectivity index (χ1n) is 8.11. The minimum absolute atomic E-state index is 0. The summed E-state index contributed by atoms with van der Waals surface area (Å²) in [7, 11) is -2.69. The first kappa shape index (κ1) is 23.1. The molecule has 1 heterocycles. The average molecular weight is 423 g/mol. The Morgan fingerprint density at radius 2 is 2.19 bits per heavy atom. The molecule has 2 rings (SSSR count). The molecule has 0 spiro atoms. The van der Waals surface area contributed by atoms with Crippen molar-refractivity contribution in [1.82, 2.24) is 9.62 Å². The number of sulfonamides is 1. The number of amides is 1. The number of halogens is 1. The van der Waals surface area contributed by atoms with Gasteiger partial charge >= 0.3 is 5.69 Å². The topological polar surface area (TPSA) is 145 Å². The van der Waals surface area contributed by atoms with Crippen molar-refractivity contribution >= 4 is 34.0 Å². The van der Waals surface area contributed by atoms with Gasteiger partial charge in [-0.05, 0) is 25.0 Å². The van der Waals surface area contributed by atoms with Crippen molar-refractivity contribution in [2.45, 2.75) is 17.7 Å². The average Bonchev–Trinajstić information content (AvgIpc) is 2.65. The molecule has 10 nitrogen and oxygen atoms in total. The second-order valence-electron chi connectivity index (χ2n) is 5.87. The molecule has 1 unspecified atom stereocenters. The Morgan fingerprint density at radius 3 is 2.78 bits per heavy atom. The Labute approximate surface area is 163 Å². The summed E-state index contributed by atoms with van der Waals surface area (Å²) in [5.41, 5.74) is 4.93. The second-order valence-corrected chi connectivity index (χ2v) is 7.81. The van der Waals surface area contributed by atoms with E-state index in [9.17, 15) is 23.3 Å². The fourth-order valence-electron chi connectivity index (χ4n) is 2.84. The molecule has 0 saturated carbocycles. The number of ether oxygens (including phenoxy) is 1. The van der Waals surface area contributed by atoms with Gasteiger partial charge in [0.15, 0.2) is 5.75 Å². The van der Waals surface area contributed by atoms with Crippen LogP contribution >= 0.6 is 12.4 Å². The Kier molecular flexibility index (Phi) is 8.41. The van der Waals surface area contributed by atoms with Crippen LogP contribution in [-0.2, 0) is 14.8 Å². The van der Waals surface area contributed by atoms with Crippen molar-refractivity contribution in [2.75, 3.05) is 33.3 Å². The second kappa shape index (κ2) is 9.83. The highest BCUT2D eigenvalue weighted by Gasteiger charge is 2.34. The standard InChI is InChI=1S/C15H22N4O6S.ClH/c1-25-14-5-4-12(9-13(14)19(21)22)26(23,24)18-8-2-3-11(10-18)15(20)17-7-6-16;/h4-5,9,11H,2-3,6-8,10,16H2,1H3,(H,17,20);1H. The van der Waals surface area contributed by atoms with Gasteiger partial charge in [0.2, 0.25) is 15.9 Å². The zero-order chi connectivity index (χ0) is 19.3. The summed E-state index contributed by atoms with van der Waals surface area (Å²) in [5.74, 6) is -0.735. The van der Waals surface area contributed by atoms with E-state index in [1.807, 2.05) is 0 Å². The Bertz CT molecular complexity index is 789. The maximum Gasteiger partial charge on any atom is 0.312 e. The molecule has 0 aromatic heterocycles. The van der Waals surface area contributed by atoms with Gasteiger partial charge in [0, 0.05) is 32.2 Å². The molecule has 1 aliphatic rings. The molecule has 0 aliphatic carbocycles. The number of nitro benzene ring substituents is 1. The van der Waals surface area contributed by atoms with E-state index in [-0.39, 0.29) is 42.0 Å². The fraction of sp³-hybridized carbons (Fsp3) is 0.533. The first-order valence-corrected chi connectivity index (χ1v) is 9.55. The van der Waals surface area contributed by atoms with Crippen molar-refractivity contribution in [2.24, 2.45) is 11.7 Å². The van der Waals surface area contributed by atoms with E-state index in [4.69, 9.17) is 10.5 Å². The van der Waals surface area contributed by atoms with Crippen LogP contribution in [0.5, 0.6) is 5.75 Å². The number of carbonyl (C=O) groups is 1. The predicted octanol–water partition coefficient (Wildman–Crippen LogP) is 0.501. The van der Waals surface area contributed by atoms with E-state index in [1.165, 1.54) is 23.5 Å². The van der Waals surface area contributed by atoms with E-state index in [0.717, 1.165) is 6.07 Å². The minimum atomic E-state index is -3.96. The van der Waals surface area contributed by atoms with Gasteiger partial charge in [-0.25, -0.2) is 8.42 Å². The number of nitrogens with one attached hydrogen (secondary N) is 1. The molecule has 152 valence electrons. The number of carbonyl (C=O) groups excluding carboxylic acids is 1. The van der Waals surface area contributed by atoms with Crippen LogP contribution in [0.3, 0.4) is 0 Å². The number of nitrogens with zero attached hydrogens (tertiary/aromatic N) is 2. The molecule has 1 aliphatic heterocycles. The van der Waals surface area contributed by atoms with Crippen LogP contribution in [0.1, 0.15) is 12.8 Å². The molecule has 0 bridgehead atoms. The SMILES string of the molecule is COc1ccc(S(=O)(=O)N2CCCC(C(=O)NCCN)C2)cc1[N+](=O)[O-].Cl. The molecule has 1 aromatic rings. The Hall–Kier alpha value is -1.95. The van der Waals surface area contributed by atoms with Gasteiger partial charge in [-0.15, -0.1) is 12.4 Å². The zero-order valence-corrected chi connectivity index (χ0v) is 16.4. The number of piperidine rings is 1. The van der Waals surface area contributed by atoms with Gasteiger partial charge in [0.25, 0.3) is 0 Å². The highest BCUT2D eigenvalue weighted by molar-refractivity contribution is 7.89. The lowest BCUT2D eigenvalue weighted by Crippen LogP contribution is -2.46. The smallest absolute Gasteiger partial charge is 0.312 e. The number of nitro groups is 1. The number of rotatable bonds is 7. The maximum absolute atomic E-state index is 12.9. The summed E-state index contributed by atoms with van der Waals surface area (Å²) in [5, 5.41) is 13.8. The largest absolute Gasteiger partial charge is 0.490 e. The fourth-order valence-corrected chi connectivity index (χ4v) is 4.38. The molecular formula is C15H23ClN4O6S. The van der Waals surface area contributed by atoms with E-state index >= 15 is 0 Å². The summed E-state index contributed by atoms with van der Waals surface area (Å²) < 4.78 is 31.8.